The van der Waals surface area contributed by atoms with Gasteiger partial charge in [-0.05, 0) is 31.6 Å². The van der Waals surface area contributed by atoms with Crippen LogP contribution in [0.5, 0.6) is 0 Å². The fourth-order valence-corrected chi connectivity index (χ4v) is 3.64. The topological polar surface area (TPSA) is 75.6 Å². The Hall–Kier alpha value is -0.650. The van der Waals surface area contributed by atoms with Gasteiger partial charge >= 0.3 is 0 Å². The molecule has 1 aliphatic carbocycles. The third-order valence-electron chi connectivity index (χ3n) is 4.80. The van der Waals surface area contributed by atoms with Crippen LogP contribution in [-0.2, 0) is 4.79 Å². The summed E-state index contributed by atoms with van der Waals surface area (Å²) in [6.07, 6.45) is 3.63. The Kier molecular flexibility index (Phi) is 5.04. The predicted octanol–water partition coefficient (Wildman–Crippen LogP) is 0.385. The van der Waals surface area contributed by atoms with Crippen LogP contribution in [0.15, 0.2) is 0 Å². The van der Waals surface area contributed by atoms with E-state index in [1.54, 1.807) is 0 Å². The summed E-state index contributed by atoms with van der Waals surface area (Å²) in [7, 11) is 0. The Morgan fingerprint density at radius 1 is 1.30 bits per heavy atom. The third-order valence-corrected chi connectivity index (χ3v) is 4.80. The van der Waals surface area contributed by atoms with Crippen LogP contribution in [0.25, 0.3) is 0 Å². The smallest absolute Gasteiger partial charge is 0.237 e. The van der Waals surface area contributed by atoms with Crippen molar-refractivity contribution >= 4 is 5.91 Å². The number of hydrogen-bond donors (Lipinski definition) is 2. The average Bonchev–Trinajstić information content (AvgIpc) is 2.39. The standard InChI is InChI=1S/C15H30N4O/c1-12(2)11-18-6-8-19(9-7-18)13-4-3-5-15(17,10-13)14(16)20/h12-13H,3-11,17H2,1-2H3,(H2,16,20). The molecule has 4 N–H and O–H groups in total. The molecule has 0 bridgehead atoms. The summed E-state index contributed by atoms with van der Waals surface area (Å²) in [4.78, 5) is 16.6. The van der Waals surface area contributed by atoms with Crippen molar-refractivity contribution in [3.63, 3.8) is 0 Å². The van der Waals surface area contributed by atoms with Crippen LogP contribution in [0.1, 0.15) is 39.5 Å². The lowest BCUT2D eigenvalue weighted by atomic mass is 9.78. The Morgan fingerprint density at radius 3 is 2.50 bits per heavy atom. The largest absolute Gasteiger partial charge is 0.368 e. The summed E-state index contributed by atoms with van der Waals surface area (Å²) in [5, 5.41) is 0. The Balaban J connectivity index is 1.86. The molecule has 20 heavy (non-hydrogen) atoms. The molecule has 1 aliphatic heterocycles. The second-order valence-electron chi connectivity index (χ2n) is 7.00. The van der Waals surface area contributed by atoms with Crippen molar-refractivity contribution in [2.75, 3.05) is 32.7 Å². The van der Waals surface area contributed by atoms with E-state index in [0.717, 1.165) is 57.8 Å². The van der Waals surface area contributed by atoms with Crippen molar-refractivity contribution in [3.05, 3.63) is 0 Å². The van der Waals surface area contributed by atoms with Crippen molar-refractivity contribution in [2.45, 2.75) is 51.1 Å². The van der Waals surface area contributed by atoms with E-state index in [9.17, 15) is 4.79 Å². The van der Waals surface area contributed by atoms with E-state index in [0.29, 0.717) is 6.04 Å². The number of amides is 1. The Labute approximate surface area is 122 Å². The quantitative estimate of drug-likeness (QED) is 0.782. The molecule has 2 atom stereocenters. The number of primary amides is 1. The molecular weight excluding hydrogens is 252 g/mol. The van der Waals surface area contributed by atoms with Gasteiger partial charge < -0.3 is 16.4 Å². The predicted molar refractivity (Wildman–Crippen MR) is 81.2 cm³/mol. The van der Waals surface area contributed by atoms with Crippen molar-refractivity contribution in [2.24, 2.45) is 17.4 Å². The van der Waals surface area contributed by atoms with E-state index in [-0.39, 0.29) is 5.91 Å². The highest BCUT2D eigenvalue weighted by atomic mass is 16.1. The molecule has 0 aromatic rings. The molecule has 0 aromatic heterocycles. The second-order valence-corrected chi connectivity index (χ2v) is 7.00. The zero-order valence-electron chi connectivity index (χ0n) is 13.0. The zero-order valence-corrected chi connectivity index (χ0v) is 13.0. The van der Waals surface area contributed by atoms with Crippen LogP contribution in [0.2, 0.25) is 0 Å². The number of nitrogens with zero attached hydrogens (tertiary/aromatic N) is 2. The molecule has 116 valence electrons. The molecule has 1 amide bonds. The van der Waals surface area contributed by atoms with Gasteiger partial charge in [-0.1, -0.05) is 13.8 Å². The third kappa shape index (κ3) is 3.71. The Bertz CT molecular complexity index is 339. The minimum Gasteiger partial charge on any atom is -0.368 e. The number of carbonyl (C=O) groups is 1. The van der Waals surface area contributed by atoms with Gasteiger partial charge in [-0.25, -0.2) is 0 Å². The fourth-order valence-electron chi connectivity index (χ4n) is 3.64. The molecule has 0 aromatic carbocycles. The highest BCUT2D eigenvalue weighted by Crippen LogP contribution is 2.30. The number of hydrogen-bond acceptors (Lipinski definition) is 4. The van der Waals surface area contributed by atoms with E-state index in [1.165, 1.54) is 6.54 Å². The lowest BCUT2D eigenvalue weighted by Gasteiger charge is -2.44. The molecule has 1 saturated carbocycles. The van der Waals surface area contributed by atoms with Gasteiger partial charge in [0, 0.05) is 38.8 Å². The first kappa shape index (κ1) is 15.7. The lowest BCUT2D eigenvalue weighted by molar-refractivity contribution is -0.125. The zero-order chi connectivity index (χ0) is 14.8. The summed E-state index contributed by atoms with van der Waals surface area (Å²) < 4.78 is 0. The number of rotatable bonds is 4. The van der Waals surface area contributed by atoms with E-state index < -0.39 is 5.54 Å². The van der Waals surface area contributed by atoms with Crippen LogP contribution in [0, 0.1) is 5.92 Å². The maximum absolute atomic E-state index is 11.5. The SMILES string of the molecule is CC(C)CN1CCN(C2CCCC(N)(C(N)=O)C2)CC1. The Morgan fingerprint density at radius 2 is 1.95 bits per heavy atom. The van der Waals surface area contributed by atoms with Crippen LogP contribution in [0.4, 0.5) is 0 Å². The number of nitrogens with two attached hydrogens (primary N) is 2. The average molecular weight is 282 g/mol. The highest BCUT2D eigenvalue weighted by Gasteiger charge is 2.40. The first-order chi connectivity index (χ1) is 9.40. The molecule has 5 heteroatoms. The van der Waals surface area contributed by atoms with Crippen LogP contribution >= 0.6 is 0 Å². The molecule has 5 nitrogen and oxygen atoms in total. The van der Waals surface area contributed by atoms with E-state index in [4.69, 9.17) is 11.5 Å². The monoisotopic (exact) mass is 282 g/mol. The number of piperazine rings is 1. The van der Waals surface area contributed by atoms with Crippen molar-refractivity contribution < 1.29 is 4.79 Å². The fraction of sp³-hybridized carbons (Fsp3) is 0.933. The molecule has 2 aliphatic rings. The van der Waals surface area contributed by atoms with Crippen molar-refractivity contribution in [1.82, 2.24) is 9.80 Å². The molecular formula is C15H30N4O. The van der Waals surface area contributed by atoms with E-state index in [2.05, 4.69) is 23.6 Å². The van der Waals surface area contributed by atoms with Gasteiger partial charge in [0.1, 0.15) is 0 Å². The maximum Gasteiger partial charge on any atom is 0.237 e. The second kappa shape index (κ2) is 6.41. The first-order valence-electron chi connectivity index (χ1n) is 7.96. The summed E-state index contributed by atoms with van der Waals surface area (Å²) in [5.74, 6) is 0.392. The van der Waals surface area contributed by atoms with Crippen molar-refractivity contribution in [1.29, 1.82) is 0 Å². The van der Waals surface area contributed by atoms with Gasteiger partial charge in [-0.2, -0.15) is 0 Å². The number of carbonyl (C=O) groups excluding carboxylic acids is 1. The molecule has 1 saturated heterocycles. The minimum atomic E-state index is -0.780. The molecule has 0 radical (unpaired) electrons. The summed E-state index contributed by atoms with van der Waals surface area (Å²) in [6.45, 7) is 10.1. The summed E-state index contributed by atoms with van der Waals surface area (Å²) >= 11 is 0. The van der Waals surface area contributed by atoms with E-state index in [1.807, 2.05) is 0 Å². The molecule has 1 heterocycles. The summed E-state index contributed by atoms with van der Waals surface area (Å²) in [6, 6.07) is 0.433. The van der Waals surface area contributed by atoms with Gasteiger partial charge in [0.05, 0.1) is 5.54 Å². The minimum absolute atomic E-state index is 0.333. The van der Waals surface area contributed by atoms with E-state index >= 15 is 0 Å². The molecule has 0 spiro atoms. The first-order valence-corrected chi connectivity index (χ1v) is 7.96. The van der Waals surface area contributed by atoms with Crippen LogP contribution in [0.3, 0.4) is 0 Å². The van der Waals surface area contributed by atoms with Gasteiger partial charge in [0.25, 0.3) is 0 Å². The highest BCUT2D eigenvalue weighted by molar-refractivity contribution is 5.84. The van der Waals surface area contributed by atoms with Crippen LogP contribution < -0.4 is 11.5 Å². The van der Waals surface area contributed by atoms with Crippen molar-refractivity contribution in [3.8, 4) is 0 Å². The molecule has 2 fully saturated rings. The van der Waals surface area contributed by atoms with Crippen LogP contribution in [-0.4, -0.2) is 60.0 Å². The summed E-state index contributed by atoms with van der Waals surface area (Å²) in [5.41, 5.74) is 10.9. The van der Waals surface area contributed by atoms with Gasteiger partial charge in [-0.3, -0.25) is 9.69 Å². The maximum atomic E-state index is 11.5. The van der Waals surface area contributed by atoms with Gasteiger partial charge in [-0.15, -0.1) is 0 Å². The normalized spacial score (nSPS) is 33.5. The van der Waals surface area contributed by atoms with Gasteiger partial charge in [0.2, 0.25) is 5.91 Å². The lowest BCUT2D eigenvalue weighted by Crippen LogP contribution is -2.60. The molecule has 2 unspecified atom stereocenters. The molecule has 2 rings (SSSR count). The van der Waals surface area contributed by atoms with Gasteiger partial charge in [0.15, 0.2) is 0 Å².